The van der Waals surface area contributed by atoms with E-state index >= 15 is 0 Å². The molecule has 0 aliphatic carbocycles. The molecule has 1 amide bonds. The molecule has 7 nitrogen and oxygen atoms in total. The first-order chi connectivity index (χ1) is 14.8. The van der Waals surface area contributed by atoms with Crippen LogP contribution in [0.2, 0.25) is 25.7 Å². The minimum atomic E-state index is -1.24. The Bertz CT molecular complexity index is 1160. The fraction of sp³-hybridized carbons (Fsp3) is 0.391. The topological polar surface area (TPSA) is 84.9 Å². The smallest absolute Gasteiger partial charge is 0.408 e. The molecule has 2 heterocycles. The zero-order valence-corrected chi connectivity index (χ0v) is 19.1. The van der Waals surface area contributed by atoms with Crippen molar-refractivity contribution in [2.45, 2.75) is 45.0 Å². The van der Waals surface area contributed by atoms with Gasteiger partial charge in [-0.05, 0) is 29.3 Å². The molecule has 1 aliphatic heterocycles. The van der Waals surface area contributed by atoms with E-state index in [4.69, 9.17) is 9.15 Å². The van der Waals surface area contributed by atoms with Gasteiger partial charge in [-0.3, -0.25) is 4.79 Å². The normalized spacial score (nSPS) is 16.3. The van der Waals surface area contributed by atoms with E-state index in [1.807, 2.05) is 24.3 Å². The van der Waals surface area contributed by atoms with Gasteiger partial charge in [0.25, 0.3) is 5.91 Å². The molecule has 0 saturated carbocycles. The summed E-state index contributed by atoms with van der Waals surface area (Å²) in [5.74, 6) is -0.611. The van der Waals surface area contributed by atoms with Crippen LogP contribution in [0.3, 0.4) is 0 Å². The number of hydrogen-bond donors (Lipinski definition) is 1. The van der Waals surface area contributed by atoms with Crippen LogP contribution in [0.25, 0.3) is 11.1 Å². The second-order valence-corrected chi connectivity index (χ2v) is 14.7. The Hall–Kier alpha value is -2.68. The third-order valence-electron chi connectivity index (χ3n) is 5.69. The van der Waals surface area contributed by atoms with Gasteiger partial charge >= 0.3 is 5.76 Å². The number of nitrogens with zero attached hydrogens (tertiary/aromatic N) is 2. The van der Waals surface area contributed by atoms with Crippen molar-refractivity contribution >= 4 is 25.1 Å². The molecule has 3 aromatic rings. The van der Waals surface area contributed by atoms with E-state index in [1.54, 1.807) is 23.1 Å². The van der Waals surface area contributed by atoms with Gasteiger partial charge in [-0.25, -0.2) is 9.36 Å². The summed E-state index contributed by atoms with van der Waals surface area (Å²) in [5, 5.41) is 9.98. The first kappa shape index (κ1) is 21.5. The van der Waals surface area contributed by atoms with Crippen molar-refractivity contribution in [2.24, 2.45) is 0 Å². The Morgan fingerprint density at radius 2 is 1.87 bits per heavy atom. The summed E-state index contributed by atoms with van der Waals surface area (Å²) in [7, 11) is -1.24. The lowest BCUT2D eigenvalue weighted by Gasteiger charge is -2.24. The molecule has 1 aromatic heterocycles. The molecule has 1 N–H and O–H groups in total. The van der Waals surface area contributed by atoms with Gasteiger partial charge in [-0.1, -0.05) is 50.0 Å². The lowest BCUT2D eigenvalue weighted by molar-refractivity contribution is 0.0635. The van der Waals surface area contributed by atoms with Crippen LogP contribution < -0.4 is 5.76 Å². The van der Waals surface area contributed by atoms with Crippen molar-refractivity contribution in [1.29, 1.82) is 0 Å². The largest absolute Gasteiger partial charge is 0.421 e. The number of aliphatic hydroxyl groups is 1. The predicted octanol–water partition coefficient (Wildman–Crippen LogP) is 3.60. The molecule has 0 radical (unpaired) electrons. The van der Waals surface area contributed by atoms with Crippen molar-refractivity contribution in [3.63, 3.8) is 0 Å². The molecule has 1 unspecified atom stereocenters. The summed E-state index contributed by atoms with van der Waals surface area (Å²) in [6.45, 7) is 7.60. The Labute approximate surface area is 181 Å². The van der Waals surface area contributed by atoms with Crippen LogP contribution in [0.5, 0.6) is 0 Å². The molecule has 1 atom stereocenters. The zero-order chi connectivity index (χ0) is 22.2. The van der Waals surface area contributed by atoms with Gasteiger partial charge in [-0.15, -0.1) is 0 Å². The highest BCUT2D eigenvalue weighted by Crippen LogP contribution is 2.35. The highest BCUT2D eigenvalue weighted by Gasteiger charge is 2.36. The summed E-state index contributed by atoms with van der Waals surface area (Å²) in [5.41, 5.74) is 3.29. The van der Waals surface area contributed by atoms with Gasteiger partial charge in [0.1, 0.15) is 6.73 Å². The van der Waals surface area contributed by atoms with Gasteiger partial charge in [0.2, 0.25) is 0 Å². The molecule has 0 spiro atoms. The Balaban J connectivity index is 1.63. The third kappa shape index (κ3) is 4.23. The summed E-state index contributed by atoms with van der Waals surface area (Å²) >= 11 is 0. The fourth-order valence-electron chi connectivity index (χ4n) is 3.98. The van der Waals surface area contributed by atoms with Crippen LogP contribution in [-0.4, -0.2) is 41.8 Å². The summed E-state index contributed by atoms with van der Waals surface area (Å²) < 4.78 is 12.7. The van der Waals surface area contributed by atoms with Crippen LogP contribution in [0, 0.1) is 0 Å². The third-order valence-corrected chi connectivity index (χ3v) is 7.39. The lowest BCUT2D eigenvalue weighted by atomic mass is 10.1. The highest BCUT2D eigenvalue weighted by molar-refractivity contribution is 6.76. The van der Waals surface area contributed by atoms with E-state index in [1.165, 1.54) is 4.57 Å². The van der Waals surface area contributed by atoms with Crippen LogP contribution in [-0.2, 0) is 18.0 Å². The maximum absolute atomic E-state index is 13.0. The van der Waals surface area contributed by atoms with Crippen molar-refractivity contribution < 1.29 is 19.1 Å². The number of fused-ring (bicyclic) bond motifs is 2. The quantitative estimate of drug-likeness (QED) is 0.427. The Kier molecular flexibility index (Phi) is 5.87. The molecule has 8 heteroatoms. The van der Waals surface area contributed by atoms with Crippen LogP contribution >= 0.6 is 0 Å². The van der Waals surface area contributed by atoms with E-state index in [0.717, 1.165) is 17.2 Å². The van der Waals surface area contributed by atoms with Crippen LogP contribution in [0.1, 0.15) is 27.5 Å². The van der Waals surface area contributed by atoms with Crippen LogP contribution in [0.15, 0.2) is 51.7 Å². The van der Waals surface area contributed by atoms with E-state index in [9.17, 15) is 14.7 Å². The van der Waals surface area contributed by atoms with E-state index in [-0.39, 0.29) is 25.8 Å². The molecule has 0 saturated heterocycles. The molecule has 4 rings (SSSR count). The van der Waals surface area contributed by atoms with Gasteiger partial charge in [0.15, 0.2) is 5.58 Å². The van der Waals surface area contributed by atoms with Crippen molar-refractivity contribution in [1.82, 2.24) is 9.47 Å². The predicted molar refractivity (Wildman–Crippen MR) is 121 cm³/mol. The van der Waals surface area contributed by atoms with Crippen LogP contribution in [0.4, 0.5) is 0 Å². The van der Waals surface area contributed by atoms with Gasteiger partial charge in [0, 0.05) is 26.8 Å². The fourth-order valence-corrected chi connectivity index (χ4v) is 4.74. The molecular formula is C23H28N2O5Si. The number of hydrogen-bond acceptors (Lipinski definition) is 5. The average Bonchev–Trinajstić information content (AvgIpc) is 3.19. The maximum atomic E-state index is 13.0. The summed E-state index contributed by atoms with van der Waals surface area (Å²) in [6, 6.07) is 13.3. The van der Waals surface area contributed by atoms with Gasteiger partial charge < -0.3 is 19.2 Å². The summed E-state index contributed by atoms with van der Waals surface area (Å²) in [6.07, 6.45) is 0. The van der Waals surface area contributed by atoms with Crippen molar-refractivity contribution in [3.8, 4) is 0 Å². The number of oxazole rings is 1. The maximum Gasteiger partial charge on any atom is 0.421 e. The second kappa shape index (κ2) is 8.45. The minimum absolute atomic E-state index is 0.102. The number of aromatic nitrogens is 1. The number of carbonyl (C=O) groups excluding carboxylic acids is 1. The van der Waals surface area contributed by atoms with E-state index in [2.05, 4.69) is 19.6 Å². The van der Waals surface area contributed by atoms with E-state index in [0.29, 0.717) is 23.3 Å². The monoisotopic (exact) mass is 440 g/mol. The average molecular weight is 441 g/mol. The molecule has 2 aromatic carbocycles. The molecule has 31 heavy (non-hydrogen) atoms. The van der Waals surface area contributed by atoms with Crippen molar-refractivity contribution in [2.75, 3.05) is 13.2 Å². The molecular weight excluding hydrogens is 412 g/mol. The first-order valence-electron chi connectivity index (χ1n) is 10.5. The molecule has 0 bridgehead atoms. The number of para-hydroxylation sites is 1. The highest BCUT2D eigenvalue weighted by atomic mass is 28.3. The number of ether oxygens (including phenoxy) is 1. The minimum Gasteiger partial charge on any atom is -0.408 e. The molecule has 0 fully saturated rings. The Morgan fingerprint density at radius 1 is 1.10 bits per heavy atom. The number of amides is 1. The molecule has 164 valence electrons. The van der Waals surface area contributed by atoms with Crippen molar-refractivity contribution in [3.05, 3.63) is 69.7 Å². The zero-order valence-electron chi connectivity index (χ0n) is 18.1. The number of carbonyl (C=O) groups is 1. The SMILES string of the molecule is C[Si](C)(C)CCOCn1c(=O)oc2cccc(CN3C(=O)c4ccccc4C3CO)c21. The van der Waals surface area contributed by atoms with E-state index < -0.39 is 19.9 Å². The summed E-state index contributed by atoms with van der Waals surface area (Å²) in [4.78, 5) is 27.1. The lowest BCUT2D eigenvalue weighted by Crippen LogP contribution is -2.30. The number of rotatable bonds is 8. The van der Waals surface area contributed by atoms with Gasteiger partial charge in [-0.2, -0.15) is 0 Å². The number of aliphatic hydroxyl groups excluding tert-OH is 1. The first-order valence-corrected chi connectivity index (χ1v) is 14.2. The second-order valence-electron chi connectivity index (χ2n) is 9.13. The Morgan fingerprint density at radius 3 is 2.61 bits per heavy atom. The van der Waals surface area contributed by atoms with Gasteiger partial charge in [0.05, 0.1) is 18.2 Å². The number of benzene rings is 2. The molecule has 1 aliphatic rings. The standard InChI is InChI=1S/C23H28N2O5Si/c1-31(2,3)12-11-29-15-25-21-16(7-6-10-20(21)30-23(25)28)13-24-19(14-26)17-8-4-5-9-18(17)22(24)27/h4-10,19,26H,11-15H2,1-3H3.